The first kappa shape index (κ1) is 24.1. The molecule has 1 fully saturated rings. The molecule has 0 aliphatic carbocycles. The van der Waals surface area contributed by atoms with E-state index in [0.29, 0.717) is 23.9 Å². The number of aryl methyl sites for hydroxylation is 1. The van der Waals surface area contributed by atoms with Crippen LogP contribution < -0.4 is 5.32 Å². The number of anilines is 2. The Morgan fingerprint density at radius 2 is 1.89 bits per heavy atom. The summed E-state index contributed by atoms with van der Waals surface area (Å²) in [5.74, 6) is 1.37. The Balaban J connectivity index is 1.53. The fraction of sp³-hybridized carbons (Fsp3) is 0.296. The molecule has 0 spiro atoms. The molecule has 0 saturated carbocycles. The third-order valence-corrected chi connectivity index (χ3v) is 6.49. The molecule has 186 valence electrons. The zero-order valence-electron chi connectivity index (χ0n) is 19.8. The standard InChI is InChI=1S/C27H26F3N5O/c1-17-3-2-11-31-25(17)19-4-9-22-23(13-19)33-24(15-35-12-10-18(14-35)16-36)34-26(22)32-21-7-5-20(6-8-21)27(28,29)30/h2-9,11,13,18,36H,10,12,14-16H2,1H3,(H,32,33,34)/t18-/m0/s1. The maximum Gasteiger partial charge on any atom is 0.416 e. The minimum atomic E-state index is -4.39. The van der Waals surface area contributed by atoms with Gasteiger partial charge in [-0.25, -0.2) is 9.97 Å². The van der Waals surface area contributed by atoms with Crippen LogP contribution in [0.4, 0.5) is 24.7 Å². The van der Waals surface area contributed by atoms with E-state index in [1.807, 2.05) is 37.3 Å². The summed E-state index contributed by atoms with van der Waals surface area (Å²) in [5.41, 5.74) is 3.34. The van der Waals surface area contributed by atoms with Crippen LogP contribution in [0.15, 0.2) is 60.8 Å². The van der Waals surface area contributed by atoms with Gasteiger partial charge in [0, 0.05) is 36.0 Å². The summed E-state index contributed by atoms with van der Waals surface area (Å²) in [6, 6.07) is 14.6. The number of halogens is 3. The smallest absolute Gasteiger partial charge is 0.396 e. The maximum absolute atomic E-state index is 13.0. The van der Waals surface area contributed by atoms with Gasteiger partial charge in [0.15, 0.2) is 0 Å². The van der Waals surface area contributed by atoms with Crippen molar-refractivity contribution >= 4 is 22.4 Å². The van der Waals surface area contributed by atoms with Crippen LogP contribution in [0.3, 0.4) is 0 Å². The van der Waals surface area contributed by atoms with Crippen LogP contribution in [0.5, 0.6) is 0 Å². The summed E-state index contributed by atoms with van der Waals surface area (Å²) >= 11 is 0. The van der Waals surface area contributed by atoms with Crippen LogP contribution >= 0.6 is 0 Å². The second kappa shape index (κ2) is 9.83. The number of aromatic nitrogens is 3. The van der Waals surface area contributed by atoms with E-state index in [0.717, 1.165) is 59.4 Å². The average Bonchev–Trinajstić information content (AvgIpc) is 3.31. The van der Waals surface area contributed by atoms with Gasteiger partial charge in [-0.05, 0) is 73.8 Å². The lowest BCUT2D eigenvalue weighted by atomic mass is 10.0. The largest absolute Gasteiger partial charge is 0.416 e. The first-order chi connectivity index (χ1) is 17.3. The monoisotopic (exact) mass is 493 g/mol. The number of aliphatic hydroxyl groups excluding tert-OH is 1. The highest BCUT2D eigenvalue weighted by atomic mass is 19.4. The number of nitrogens with zero attached hydrogens (tertiary/aromatic N) is 4. The number of aliphatic hydroxyl groups is 1. The average molecular weight is 494 g/mol. The van der Waals surface area contributed by atoms with Crippen molar-refractivity contribution in [2.24, 2.45) is 5.92 Å². The zero-order chi connectivity index (χ0) is 25.3. The normalized spacial score (nSPS) is 16.5. The lowest BCUT2D eigenvalue weighted by Crippen LogP contribution is -2.22. The highest BCUT2D eigenvalue weighted by molar-refractivity contribution is 5.93. The molecule has 9 heteroatoms. The van der Waals surface area contributed by atoms with Crippen LogP contribution in [0.1, 0.15) is 23.4 Å². The third-order valence-electron chi connectivity index (χ3n) is 6.49. The molecule has 1 aliphatic rings. The van der Waals surface area contributed by atoms with Crippen LogP contribution in [0.2, 0.25) is 0 Å². The van der Waals surface area contributed by atoms with Gasteiger partial charge in [-0.1, -0.05) is 12.1 Å². The van der Waals surface area contributed by atoms with Crippen LogP contribution in [-0.2, 0) is 12.7 Å². The van der Waals surface area contributed by atoms with E-state index >= 15 is 0 Å². The van der Waals surface area contributed by atoms with Gasteiger partial charge in [-0.3, -0.25) is 9.88 Å². The van der Waals surface area contributed by atoms with Crippen molar-refractivity contribution in [3.8, 4) is 11.3 Å². The van der Waals surface area contributed by atoms with Gasteiger partial charge < -0.3 is 10.4 Å². The summed E-state index contributed by atoms with van der Waals surface area (Å²) in [5, 5.41) is 13.4. The molecule has 1 saturated heterocycles. The lowest BCUT2D eigenvalue weighted by Gasteiger charge is -2.17. The Hall–Kier alpha value is -3.56. The molecular weight excluding hydrogens is 467 g/mol. The number of hydrogen-bond donors (Lipinski definition) is 2. The van der Waals surface area contributed by atoms with Crippen molar-refractivity contribution in [1.82, 2.24) is 19.9 Å². The van der Waals surface area contributed by atoms with Crippen molar-refractivity contribution in [2.75, 3.05) is 25.0 Å². The highest BCUT2D eigenvalue weighted by Gasteiger charge is 2.30. The molecule has 1 atom stereocenters. The van der Waals surface area contributed by atoms with Crippen LogP contribution in [-0.4, -0.2) is 44.7 Å². The van der Waals surface area contributed by atoms with Gasteiger partial charge in [0.05, 0.1) is 23.3 Å². The molecular formula is C27H26F3N5O. The third kappa shape index (κ3) is 5.17. The quantitative estimate of drug-likeness (QED) is 0.366. The molecule has 4 aromatic rings. The molecule has 2 aromatic carbocycles. The predicted molar refractivity (Wildman–Crippen MR) is 133 cm³/mol. The molecule has 1 aliphatic heterocycles. The number of rotatable bonds is 6. The van der Waals surface area contributed by atoms with E-state index in [1.54, 1.807) is 6.20 Å². The molecule has 0 bridgehead atoms. The van der Waals surface area contributed by atoms with Crippen LogP contribution in [0.25, 0.3) is 22.2 Å². The molecule has 2 aromatic heterocycles. The Morgan fingerprint density at radius 3 is 2.58 bits per heavy atom. The number of pyridine rings is 1. The Kier molecular flexibility index (Phi) is 6.59. The molecule has 0 unspecified atom stereocenters. The van der Waals surface area contributed by atoms with E-state index in [-0.39, 0.29) is 12.5 Å². The fourth-order valence-corrected chi connectivity index (χ4v) is 4.56. The van der Waals surface area contributed by atoms with Crippen molar-refractivity contribution in [3.05, 3.63) is 77.7 Å². The van der Waals surface area contributed by atoms with E-state index in [9.17, 15) is 18.3 Å². The number of alkyl halides is 3. The van der Waals surface area contributed by atoms with Gasteiger partial charge in [0.25, 0.3) is 0 Å². The van der Waals surface area contributed by atoms with Gasteiger partial charge in [0.1, 0.15) is 11.6 Å². The summed E-state index contributed by atoms with van der Waals surface area (Å²) in [4.78, 5) is 16.3. The van der Waals surface area contributed by atoms with Gasteiger partial charge in [-0.2, -0.15) is 13.2 Å². The topological polar surface area (TPSA) is 74.2 Å². The predicted octanol–water partition coefficient (Wildman–Crippen LogP) is 5.58. The molecule has 6 nitrogen and oxygen atoms in total. The second-order valence-corrected chi connectivity index (χ2v) is 9.16. The number of hydrogen-bond acceptors (Lipinski definition) is 6. The molecule has 3 heterocycles. The number of nitrogens with one attached hydrogen (secondary N) is 1. The summed E-state index contributed by atoms with van der Waals surface area (Å²) in [7, 11) is 0. The Labute approximate surface area is 206 Å². The zero-order valence-corrected chi connectivity index (χ0v) is 19.8. The van der Waals surface area contributed by atoms with E-state index in [2.05, 4.69) is 15.2 Å². The molecule has 5 rings (SSSR count). The SMILES string of the molecule is Cc1cccnc1-c1ccc2c(Nc3ccc(C(F)(F)F)cc3)nc(CN3CC[C@H](CO)C3)nc2c1. The van der Waals surface area contributed by atoms with E-state index in [1.165, 1.54) is 12.1 Å². The van der Waals surface area contributed by atoms with Crippen molar-refractivity contribution < 1.29 is 18.3 Å². The lowest BCUT2D eigenvalue weighted by molar-refractivity contribution is -0.137. The minimum Gasteiger partial charge on any atom is -0.396 e. The summed E-state index contributed by atoms with van der Waals surface area (Å²) in [6.45, 7) is 4.29. The van der Waals surface area contributed by atoms with Gasteiger partial charge >= 0.3 is 6.18 Å². The number of benzene rings is 2. The molecule has 2 N–H and O–H groups in total. The summed E-state index contributed by atoms with van der Waals surface area (Å²) < 4.78 is 39.0. The minimum absolute atomic E-state index is 0.155. The highest BCUT2D eigenvalue weighted by Crippen LogP contribution is 2.32. The first-order valence-corrected chi connectivity index (χ1v) is 11.8. The van der Waals surface area contributed by atoms with Gasteiger partial charge in [-0.15, -0.1) is 0 Å². The number of likely N-dealkylation sites (tertiary alicyclic amines) is 1. The fourth-order valence-electron chi connectivity index (χ4n) is 4.56. The van der Waals surface area contributed by atoms with Gasteiger partial charge in [0.2, 0.25) is 0 Å². The second-order valence-electron chi connectivity index (χ2n) is 9.16. The van der Waals surface area contributed by atoms with E-state index < -0.39 is 11.7 Å². The van der Waals surface area contributed by atoms with Crippen molar-refractivity contribution in [3.63, 3.8) is 0 Å². The maximum atomic E-state index is 13.0. The van der Waals surface area contributed by atoms with Crippen molar-refractivity contribution in [1.29, 1.82) is 0 Å². The Morgan fingerprint density at radius 1 is 1.08 bits per heavy atom. The molecule has 36 heavy (non-hydrogen) atoms. The summed E-state index contributed by atoms with van der Waals surface area (Å²) in [6.07, 6.45) is -1.72. The van der Waals surface area contributed by atoms with Crippen molar-refractivity contribution in [2.45, 2.75) is 26.1 Å². The molecule has 0 amide bonds. The number of fused-ring (bicyclic) bond motifs is 1. The van der Waals surface area contributed by atoms with E-state index in [4.69, 9.17) is 9.97 Å². The van der Waals surface area contributed by atoms with Crippen LogP contribution in [0, 0.1) is 12.8 Å². The first-order valence-electron chi connectivity index (χ1n) is 11.8. The molecule has 0 radical (unpaired) electrons. The Bertz CT molecular complexity index is 1370.